The van der Waals surface area contributed by atoms with E-state index in [2.05, 4.69) is 11.4 Å². The summed E-state index contributed by atoms with van der Waals surface area (Å²) in [5, 5.41) is 19.3. The molecule has 0 unspecified atom stereocenters. The van der Waals surface area contributed by atoms with E-state index in [1.807, 2.05) is 0 Å². The molecule has 0 radical (unpaired) electrons. The molecule has 1 saturated carbocycles. The Labute approximate surface area is 133 Å². The van der Waals surface area contributed by atoms with Gasteiger partial charge in [0.2, 0.25) is 0 Å². The molecule has 7 heteroatoms. The van der Waals surface area contributed by atoms with E-state index in [4.69, 9.17) is 10.1 Å². The number of anilines is 1. The summed E-state index contributed by atoms with van der Waals surface area (Å²) in [4.78, 5) is 13.3. The summed E-state index contributed by atoms with van der Waals surface area (Å²) in [6, 6.07) is 6.68. The van der Waals surface area contributed by atoms with Gasteiger partial charge in [-0.1, -0.05) is 6.07 Å². The van der Waals surface area contributed by atoms with Crippen LogP contribution in [-0.2, 0) is 10.2 Å². The van der Waals surface area contributed by atoms with Gasteiger partial charge in [0.25, 0.3) is 0 Å². The van der Waals surface area contributed by atoms with Crippen LogP contribution in [0.2, 0.25) is 0 Å². The Morgan fingerprint density at radius 1 is 1.61 bits per heavy atom. The summed E-state index contributed by atoms with van der Waals surface area (Å²) in [6.07, 6.45) is 0.414. The number of amides is 1. The number of ether oxygens (including phenoxy) is 1. The van der Waals surface area contributed by atoms with Crippen LogP contribution in [0.1, 0.15) is 25.3 Å². The topological polar surface area (TPSA) is 89.2 Å². The fourth-order valence-electron chi connectivity index (χ4n) is 2.73. The van der Waals surface area contributed by atoms with Crippen molar-refractivity contribution in [3.8, 4) is 6.07 Å². The van der Waals surface area contributed by atoms with Crippen LogP contribution in [0, 0.1) is 22.6 Å². The van der Waals surface area contributed by atoms with E-state index in [1.165, 1.54) is 11.0 Å². The largest absolute Gasteiger partial charge is 0.442 e. The zero-order valence-electron chi connectivity index (χ0n) is 12.7. The molecule has 1 heterocycles. The molecule has 2 fully saturated rings. The summed E-state index contributed by atoms with van der Waals surface area (Å²) in [5.41, 5.74) is 0.121. The van der Waals surface area contributed by atoms with Gasteiger partial charge in [0.05, 0.1) is 36.1 Å². The molecule has 2 N–H and O–H groups in total. The number of amidine groups is 1. The van der Waals surface area contributed by atoms with Crippen molar-refractivity contribution in [1.82, 2.24) is 5.32 Å². The first kappa shape index (κ1) is 15.3. The maximum Gasteiger partial charge on any atom is 0.414 e. The second-order valence-corrected chi connectivity index (χ2v) is 5.98. The van der Waals surface area contributed by atoms with Crippen molar-refractivity contribution in [2.24, 2.45) is 0 Å². The van der Waals surface area contributed by atoms with E-state index in [0.29, 0.717) is 43.0 Å². The van der Waals surface area contributed by atoms with E-state index in [9.17, 15) is 14.4 Å². The normalized spacial score (nSPS) is 21.5. The molecule has 1 aliphatic heterocycles. The van der Waals surface area contributed by atoms with Gasteiger partial charge in [-0.3, -0.25) is 10.3 Å². The highest BCUT2D eigenvalue weighted by Gasteiger charge is 2.47. The lowest BCUT2D eigenvalue weighted by Gasteiger charge is -2.15. The monoisotopic (exact) mass is 316 g/mol. The molecule has 1 atom stereocenters. The van der Waals surface area contributed by atoms with Gasteiger partial charge in [-0.25, -0.2) is 9.18 Å². The minimum atomic E-state index is -0.692. The average Bonchev–Trinajstić information content (AvgIpc) is 3.22. The second kappa shape index (κ2) is 5.54. The number of benzene rings is 1. The van der Waals surface area contributed by atoms with Gasteiger partial charge in [-0.2, -0.15) is 5.26 Å². The van der Waals surface area contributed by atoms with Crippen LogP contribution >= 0.6 is 0 Å². The molecular formula is C16H17FN4O2. The van der Waals surface area contributed by atoms with Crippen LogP contribution in [-0.4, -0.2) is 31.1 Å². The Morgan fingerprint density at radius 3 is 2.91 bits per heavy atom. The number of rotatable bonds is 4. The third kappa shape index (κ3) is 2.84. The predicted molar refractivity (Wildman–Crippen MR) is 81.9 cm³/mol. The number of nitrogens with zero attached hydrogens (tertiary/aromatic N) is 2. The molecule has 0 bridgehead atoms. The number of carbonyl (C=O) groups excluding carboxylic acids is 1. The molecule has 0 spiro atoms. The van der Waals surface area contributed by atoms with Crippen LogP contribution in [0.15, 0.2) is 18.2 Å². The number of carbonyl (C=O) groups is 1. The molecule has 1 aromatic carbocycles. The Morgan fingerprint density at radius 2 is 2.35 bits per heavy atom. The van der Waals surface area contributed by atoms with Crippen molar-refractivity contribution >= 4 is 17.6 Å². The van der Waals surface area contributed by atoms with E-state index in [1.54, 1.807) is 19.1 Å². The molecule has 1 aliphatic carbocycles. The van der Waals surface area contributed by atoms with Crippen molar-refractivity contribution in [2.75, 3.05) is 18.0 Å². The van der Waals surface area contributed by atoms with Crippen molar-refractivity contribution in [1.29, 1.82) is 10.7 Å². The molecule has 6 nitrogen and oxygen atoms in total. The third-order valence-electron chi connectivity index (χ3n) is 4.21. The molecule has 23 heavy (non-hydrogen) atoms. The van der Waals surface area contributed by atoms with Crippen molar-refractivity contribution in [3.05, 3.63) is 29.6 Å². The minimum Gasteiger partial charge on any atom is -0.442 e. The Balaban J connectivity index is 1.75. The Kier molecular flexibility index (Phi) is 3.68. The van der Waals surface area contributed by atoms with Gasteiger partial charge in [-0.05, 0) is 31.9 Å². The van der Waals surface area contributed by atoms with Crippen LogP contribution in [0.4, 0.5) is 14.9 Å². The molecule has 0 aromatic heterocycles. The number of nitriles is 1. The van der Waals surface area contributed by atoms with E-state index < -0.39 is 17.3 Å². The minimum absolute atomic E-state index is 0.293. The van der Waals surface area contributed by atoms with Gasteiger partial charge in [0, 0.05) is 5.56 Å². The number of hydrogen-bond donors (Lipinski definition) is 2. The highest BCUT2D eigenvalue weighted by atomic mass is 19.1. The van der Waals surface area contributed by atoms with Crippen LogP contribution in [0.5, 0.6) is 0 Å². The van der Waals surface area contributed by atoms with Gasteiger partial charge >= 0.3 is 6.09 Å². The first-order valence-electron chi connectivity index (χ1n) is 7.44. The fraction of sp³-hybridized carbons (Fsp3) is 0.438. The average molecular weight is 316 g/mol. The lowest BCUT2D eigenvalue weighted by molar-refractivity contribution is 0.142. The third-order valence-corrected chi connectivity index (χ3v) is 4.21. The molecule has 1 aromatic rings. The highest BCUT2D eigenvalue weighted by molar-refractivity contribution is 5.90. The summed E-state index contributed by atoms with van der Waals surface area (Å²) < 4.78 is 19.5. The van der Waals surface area contributed by atoms with Gasteiger partial charge in [0.1, 0.15) is 11.9 Å². The number of cyclic esters (lactones) is 1. The summed E-state index contributed by atoms with van der Waals surface area (Å²) >= 11 is 0. The lowest BCUT2D eigenvalue weighted by Crippen LogP contribution is -2.33. The van der Waals surface area contributed by atoms with Crippen molar-refractivity contribution in [2.45, 2.75) is 31.3 Å². The first-order chi connectivity index (χ1) is 10.9. The number of hydrogen-bond acceptors (Lipinski definition) is 4. The summed E-state index contributed by atoms with van der Waals surface area (Å²) in [5.74, 6) is -0.174. The van der Waals surface area contributed by atoms with Crippen LogP contribution in [0.25, 0.3) is 0 Å². The SMILES string of the molecule is CC(=N)NC[C@H]1CN(c2ccc(C3(C#N)CC3)c(F)c2)C(=O)O1. The van der Waals surface area contributed by atoms with Gasteiger partial charge < -0.3 is 10.1 Å². The Hall–Kier alpha value is -2.62. The van der Waals surface area contributed by atoms with Crippen LogP contribution < -0.4 is 10.2 Å². The fourth-order valence-corrected chi connectivity index (χ4v) is 2.73. The molecule has 1 amide bonds. The maximum atomic E-state index is 14.3. The molecule has 1 saturated heterocycles. The smallest absolute Gasteiger partial charge is 0.414 e. The van der Waals surface area contributed by atoms with E-state index in [-0.39, 0.29) is 6.10 Å². The molecule has 3 rings (SSSR count). The lowest BCUT2D eigenvalue weighted by atomic mass is 9.97. The molecule has 2 aliphatic rings. The molecular weight excluding hydrogens is 299 g/mol. The van der Waals surface area contributed by atoms with Crippen LogP contribution in [0.3, 0.4) is 0 Å². The number of nitrogens with one attached hydrogen (secondary N) is 2. The second-order valence-electron chi connectivity index (χ2n) is 5.98. The summed E-state index contributed by atoms with van der Waals surface area (Å²) in [7, 11) is 0. The standard InChI is InChI=1S/C16H17FN4O2/c1-10(19)20-7-12-8-21(15(22)23-12)11-2-3-13(14(17)6-11)16(9-18)4-5-16/h2-3,6,12H,4-5,7-8H2,1H3,(H2,19,20)/t12-/m0/s1. The maximum absolute atomic E-state index is 14.3. The van der Waals surface area contributed by atoms with Gasteiger partial charge in [-0.15, -0.1) is 0 Å². The zero-order chi connectivity index (χ0) is 16.6. The van der Waals surface area contributed by atoms with Crippen molar-refractivity contribution in [3.63, 3.8) is 0 Å². The van der Waals surface area contributed by atoms with E-state index >= 15 is 0 Å². The molecule has 120 valence electrons. The highest BCUT2D eigenvalue weighted by Crippen LogP contribution is 2.48. The quantitative estimate of drug-likeness (QED) is 0.659. The predicted octanol–water partition coefficient (Wildman–Crippen LogP) is 2.29. The first-order valence-corrected chi connectivity index (χ1v) is 7.44. The van der Waals surface area contributed by atoms with Crippen molar-refractivity contribution < 1.29 is 13.9 Å². The summed E-state index contributed by atoms with van der Waals surface area (Å²) in [6.45, 7) is 2.24. The van der Waals surface area contributed by atoms with Gasteiger partial charge in [0.15, 0.2) is 0 Å². The Bertz CT molecular complexity index is 709. The van der Waals surface area contributed by atoms with E-state index in [0.717, 1.165) is 0 Å². The zero-order valence-corrected chi connectivity index (χ0v) is 12.7. The number of halogens is 1.